The topological polar surface area (TPSA) is 25.8 Å². The van der Waals surface area contributed by atoms with E-state index >= 15 is 0 Å². The van der Waals surface area contributed by atoms with Crippen LogP contribution in [0.25, 0.3) is 11.3 Å². The molecule has 5 heteroatoms. The van der Waals surface area contributed by atoms with Crippen LogP contribution in [-0.2, 0) is 0 Å². The first-order chi connectivity index (χ1) is 7.16. The van der Waals surface area contributed by atoms with Gasteiger partial charge in [-0.3, -0.25) is 0 Å². The first kappa shape index (κ1) is 9.98. The van der Waals surface area contributed by atoms with Gasteiger partial charge in [-0.2, -0.15) is 0 Å². The number of aromatic nitrogens is 2. The monoisotopic (exact) mass is 226 g/mol. The third-order valence-electron chi connectivity index (χ3n) is 1.81. The maximum Gasteiger partial charge on any atom is 0.223 e. The minimum absolute atomic E-state index is 0.00509. The van der Waals surface area contributed by atoms with E-state index in [0.717, 1.165) is 6.20 Å². The molecule has 1 aromatic heterocycles. The summed E-state index contributed by atoms with van der Waals surface area (Å²) in [5.41, 5.74) is 0.325. The standard InChI is InChI=1S/C10H5ClF2N2/c11-10-14-5-8(13)9(15-10)6-2-1-3-7(12)4-6/h1-5H. The zero-order valence-electron chi connectivity index (χ0n) is 7.42. The predicted molar refractivity (Wildman–Crippen MR) is 52.4 cm³/mol. The fourth-order valence-electron chi connectivity index (χ4n) is 1.18. The SMILES string of the molecule is Fc1cccc(-c2nc(Cl)ncc2F)c1. The summed E-state index contributed by atoms with van der Waals surface area (Å²) in [5, 5.41) is -0.0735. The molecule has 0 aliphatic carbocycles. The van der Waals surface area contributed by atoms with E-state index in [1.807, 2.05) is 0 Å². The molecule has 0 fully saturated rings. The molecule has 0 atom stereocenters. The summed E-state index contributed by atoms with van der Waals surface area (Å²) in [6.07, 6.45) is 0.954. The highest BCUT2D eigenvalue weighted by atomic mass is 35.5. The number of benzene rings is 1. The molecule has 0 saturated heterocycles. The summed E-state index contributed by atoms with van der Waals surface area (Å²) >= 11 is 5.52. The summed E-state index contributed by atoms with van der Waals surface area (Å²) in [5.74, 6) is -1.09. The second kappa shape index (κ2) is 3.90. The number of hydrogen-bond donors (Lipinski definition) is 0. The van der Waals surface area contributed by atoms with Gasteiger partial charge in [0.1, 0.15) is 11.5 Å². The quantitative estimate of drug-likeness (QED) is 0.699. The van der Waals surface area contributed by atoms with Crippen LogP contribution in [0.15, 0.2) is 30.5 Å². The lowest BCUT2D eigenvalue weighted by Crippen LogP contribution is -1.92. The Morgan fingerprint density at radius 2 is 2.00 bits per heavy atom. The molecule has 0 bridgehead atoms. The van der Waals surface area contributed by atoms with Crippen molar-refractivity contribution in [1.82, 2.24) is 9.97 Å². The van der Waals surface area contributed by atoms with Gasteiger partial charge in [0, 0.05) is 5.56 Å². The van der Waals surface area contributed by atoms with Crippen molar-refractivity contribution in [2.75, 3.05) is 0 Å². The maximum absolute atomic E-state index is 13.3. The zero-order valence-corrected chi connectivity index (χ0v) is 8.17. The average molecular weight is 227 g/mol. The fourth-order valence-corrected chi connectivity index (χ4v) is 1.32. The Morgan fingerprint density at radius 3 is 2.73 bits per heavy atom. The molecule has 0 N–H and O–H groups in total. The van der Waals surface area contributed by atoms with Gasteiger partial charge in [-0.1, -0.05) is 12.1 Å². The van der Waals surface area contributed by atoms with Crippen molar-refractivity contribution in [2.24, 2.45) is 0 Å². The molecule has 0 radical (unpaired) electrons. The third-order valence-corrected chi connectivity index (χ3v) is 1.99. The van der Waals surface area contributed by atoms with Gasteiger partial charge in [0.15, 0.2) is 5.82 Å². The van der Waals surface area contributed by atoms with E-state index < -0.39 is 11.6 Å². The Labute approximate surface area is 89.6 Å². The van der Waals surface area contributed by atoms with Gasteiger partial charge in [-0.25, -0.2) is 18.7 Å². The fraction of sp³-hybridized carbons (Fsp3) is 0. The van der Waals surface area contributed by atoms with Crippen LogP contribution in [0.5, 0.6) is 0 Å². The summed E-state index contributed by atoms with van der Waals surface area (Å²) in [6, 6.07) is 5.47. The van der Waals surface area contributed by atoms with E-state index in [1.165, 1.54) is 18.2 Å². The Balaban J connectivity index is 2.58. The lowest BCUT2D eigenvalue weighted by Gasteiger charge is -2.02. The molecule has 2 rings (SSSR count). The van der Waals surface area contributed by atoms with E-state index in [4.69, 9.17) is 11.6 Å². The highest BCUT2D eigenvalue weighted by molar-refractivity contribution is 6.28. The number of rotatable bonds is 1. The Morgan fingerprint density at radius 1 is 1.20 bits per heavy atom. The van der Waals surface area contributed by atoms with Crippen LogP contribution >= 0.6 is 11.6 Å². The molecule has 2 aromatic rings. The van der Waals surface area contributed by atoms with Crippen LogP contribution in [-0.4, -0.2) is 9.97 Å². The number of hydrogen-bond acceptors (Lipinski definition) is 2. The average Bonchev–Trinajstić information content (AvgIpc) is 2.22. The highest BCUT2D eigenvalue weighted by Gasteiger charge is 2.08. The molecule has 0 amide bonds. The van der Waals surface area contributed by atoms with Crippen LogP contribution < -0.4 is 0 Å². The largest absolute Gasteiger partial charge is 0.223 e. The molecular weight excluding hydrogens is 222 g/mol. The lowest BCUT2D eigenvalue weighted by molar-refractivity contribution is 0.615. The van der Waals surface area contributed by atoms with Crippen molar-refractivity contribution in [3.8, 4) is 11.3 Å². The molecule has 0 saturated carbocycles. The van der Waals surface area contributed by atoms with Gasteiger partial charge in [0.2, 0.25) is 5.28 Å². The van der Waals surface area contributed by atoms with Gasteiger partial charge in [0.25, 0.3) is 0 Å². The lowest BCUT2D eigenvalue weighted by atomic mass is 10.1. The Kier molecular flexibility index (Phi) is 2.60. The molecule has 0 aliphatic heterocycles. The van der Waals surface area contributed by atoms with Crippen molar-refractivity contribution in [2.45, 2.75) is 0 Å². The minimum atomic E-state index is -0.634. The molecule has 0 spiro atoms. The molecular formula is C10H5ClF2N2. The molecule has 0 aliphatic rings. The van der Waals surface area contributed by atoms with Crippen molar-refractivity contribution in [3.63, 3.8) is 0 Å². The van der Waals surface area contributed by atoms with Gasteiger partial charge < -0.3 is 0 Å². The number of nitrogens with zero attached hydrogens (tertiary/aromatic N) is 2. The van der Waals surface area contributed by atoms with E-state index in [0.29, 0.717) is 5.56 Å². The second-order valence-electron chi connectivity index (χ2n) is 2.85. The molecule has 15 heavy (non-hydrogen) atoms. The van der Waals surface area contributed by atoms with Gasteiger partial charge in [-0.05, 0) is 23.7 Å². The summed E-state index contributed by atoms with van der Waals surface area (Å²) in [7, 11) is 0. The molecule has 1 aromatic carbocycles. The van der Waals surface area contributed by atoms with Gasteiger partial charge >= 0.3 is 0 Å². The summed E-state index contributed by atoms with van der Waals surface area (Å²) in [6.45, 7) is 0. The van der Waals surface area contributed by atoms with E-state index in [-0.39, 0.29) is 11.0 Å². The van der Waals surface area contributed by atoms with Crippen molar-refractivity contribution in [3.05, 3.63) is 47.4 Å². The molecule has 2 nitrogen and oxygen atoms in total. The van der Waals surface area contributed by atoms with E-state index in [9.17, 15) is 8.78 Å². The van der Waals surface area contributed by atoms with Gasteiger partial charge in [-0.15, -0.1) is 0 Å². The Bertz CT molecular complexity index is 503. The minimum Gasteiger partial charge on any atom is -0.223 e. The van der Waals surface area contributed by atoms with Crippen LogP contribution in [0.3, 0.4) is 0 Å². The smallest absolute Gasteiger partial charge is 0.223 e. The summed E-state index contributed by atoms with van der Waals surface area (Å²) in [4.78, 5) is 7.17. The number of halogens is 3. The third kappa shape index (κ3) is 2.10. The molecule has 1 heterocycles. The first-order valence-electron chi connectivity index (χ1n) is 4.11. The van der Waals surface area contributed by atoms with Crippen LogP contribution in [0.1, 0.15) is 0 Å². The van der Waals surface area contributed by atoms with Crippen LogP contribution in [0, 0.1) is 11.6 Å². The highest BCUT2D eigenvalue weighted by Crippen LogP contribution is 2.21. The first-order valence-corrected chi connectivity index (χ1v) is 4.48. The summed E-state index contributed by atoms with van der Waals surface area (Å²) < 4.78 is 26.2. The Hall–Kier alpha value is -1.55. The normalized spacial score (nSPS) is 10.3. The van der Waals surface area contributed by atoms with Gasteiger partial charge in [0.05, 0.1) is 6.20 Å². The van der Waals surface area contributed by atoms with E-state index in [1.54, 1.807) is 6.07 Å². The van der Waals surface area contributed by atoms with Crippen molar-refractivity contribution in [1.29, 1.82) is 0 Å². The van der Waals surface area contributed by atoms with E-state index in [2.05, 4.69) is 9.97 Å². The predicted octanol–water partition coefficient (Wildman–Crippen LogP) is 3.08. The van der Waals surface area contributed by atoms with Crippen LogP contribution in [0.4, 0.5) is 8.78 Å². The maximum atomic E-state index is 13.3. The van der Waals surface area contributed by atoms with Crippen molar-refractivity contribution >= 4 is 11.6 Å². The van der Waals surface area contributed by atoms with Crippen LogP contribution in [0.2, 0.25) is 5.28 Å². The van der Waals surface area contributed by atoms with Crippen molar-refractivity contribution < 1.29 is 8.78 Å². The zero-order chi connectivity index (χ0) is 10.8. The molecule has 0 unspecified atom stereocenters. The molecule has 76 valence electrons. The second-order valence-corrected chi connectivity index (χ2v) is 3.18.